The first-order chi connectivity index (χ1) is 8.13. The normalized spacial score (nSPS) is 11.5. The van der Waals surface area contributed by atoms with E-state index in [0.29, 0.717) is 0 Å². The Bertz CT molecular complexity index is 771. The molecule has 2 aromatic heterocycles. The molecule has 0 fully saturated rings. The molecular formula is C14H13NO2. The number of aromatic nitrogens is 1. The Kier molecular flexibility index (Phi) is 1.93. The molecule has 0 atom stereocenters. The molecule has 0 saturated carbocycles. The van der Waals surface area contributed by atoms with Gasteiger partial charge in [0.1, 0.15) is 5.75 Å². The van der Waals surface area contributed by atoms with E-state index in [9.17, 15) is 4.79 Å². The molecule has 3 aromatic rings. The van der Waals surface area contributed by atoms with Crippen LogP contribution in [0, 0.1) is 13.8 Å². The van der Waals surface area contributed by atoms with Crippen LogP contribution in [0.3, 0.4) is 0 Å². The topological polar surface area (TPSA) is 30.7 Å². The molecule has 2 heterocycles. The van der Waals surface area contributed by atoms with Crippen molar-refractivity contribution in [2.45, 2.75) is 13.8 Å². The maximum Gasteiger partial charge on any atom is 0.255 e. The van der Waals surface area contributed by atoms with Crippen LogP contribution in [-0.2, 0) is 0 Å². The molecule has 0 unspecified atom stereocenters. The third-order valence-corrected chi connectivity index (χ3v) is 3.31. The number of hydrogen-bond donors (Lipinski definition) is 0. The van der Waals surface area contributed by atoms with Crippen LogP contribution in [-0.4, -0.2) is 11.5 Å². The van der Waals surface area contributed by atoms with Crippen LogP contribution >= 0.6 is 0 Å². The minimum absolute atomic E-state index is 0.0238. The summed E-state index contributed by atoms with van der Waals surface area (Å²) in [6, 6.07) is 7.65. The standard InChI is InChI=1S/C14H13NO2/c1-8-6-13(16)15-9(2)7-11-12(17-3)5-4-10(8)14(11)15/h4-7H,1-3H3. The predicted octanol–water partition coefficient (Wildman–Crippen LogP) is 2.52. The van der Waals surface area contributed by atoms with Crippen molar-refractivity contribution in [3.8, 4) is 5.75 Å². The Morgan fingerprint density at radius 3 is 2.59 bits per heavy atom. The summed E-state index contributed by atoms with van der Waals surface area (Å²) in [6.07, 6.45) is 0. The number of methoxy groups -OCH3 is 1. The molecule has 0 amide bonds. The Hall–Kier alpha value is -2.03. The lowest BCUT2D eigenvalue weighted by molar-refractivity contribution is 0.420. The van der Waals surface area contributed by atoms with E-state index in [1.807, 2.05) is 32.0 Å². The molecule has 0 aliphatic rings. The smallest absolute Gasteiger partial charge is 0.255 e. The number of pyridine rings is 1. The van der Waals surface area contributed by atoms with Crippen molar-refractivity contribution in [2.24, 2.45) is 0 Å². The van der Waals surface area contributed by atoms with Crippen LogP contribution in [0.25, 0.3) is 16.3 Å². The summed E-state index contributed by atoms with van der Waals surface area (Å²) in [4.78, 5) is 12.0. The highest BCUT2D eigenvalue weighted by Crippen LogP contribution is 2.32. The van der Waals surface area contributed by atoms with Crippen molar-refractivity contribution in [3.63, 3.8) is 0 Å². The van der Waals surface area contributed by atoms with Crippen molar-refractivity contribution in [1.29, 1.82) is 0 Å². The van der Waals surface area contributed by atoms with Gasteiger partial charge in [0, 0.05) is 22.5 Å². The van der Waals surface area contributed by atoms with Gasteiger partial charge in [-0.3, -0.25) is 9.20 Å². The third-order valence-electron chi connectivity index (χ3n) is 3.31. The fourth-order valence-electron chi connectivity index (χ4n) is 2.53. The Morgan fingerprint density at radius 1 is 1.12 bits per heavy atom. The quantitative estimate of drug-likeness (QED) is 0.639. The molecule has 0 aliphatic heterocycles. The first-order valence-electron chi connectivity index (χ1n) is 5.55. The van der Waals surface area contributed by atoms with E-state index >= 15 is 0 Å². The van der Waals surface area contributed by atoms with Crippen LogP contribution in [0.4, 0.5) is 0 Å². The maximum atomic E-state index is 12.0. The molecule has 17 heavy (non-hydrogen) atoms. The van der Waals surface area contributed by atoms with E-state index in [1.54, 1.807) is 17.6 Å². The molecule has 1 aromatic carbocycles. The predicted molar refractivity (Wildman–Crippen MR) is 68.4 cm³/mol. The molecule has 3 nitrogen and oxygen atoms in total. The van der Waals surface area contributed by atoms with Gasteiger partial charge in [-0.05, 0) is 37.6 Å². The Morgan fingerprint density at radius 2 is 1.88 bits per heavy atom. The van der Waals surface area contributed by atoms with Crippen molar-refractivity contribution in [2.75, 3.05) is 7.11 Å². The SMILES string of the molecule is COc1ccc2c(C)cc(=O)n3c(C)cc1c23. The summed E-state index contributed by atoms with van der Waals surface area (Å²) in [5.41, 5.74) is 2.94. The number of nitrogens with zero attached hydrogens (tertiary/aromatic N) is 1. The van der Waals surface area contributed by atoms with Crippen LogP contribution < -0.4 is 10.3 Å². The van der Waals surface area contributed by atoms with E-state index in [2.05, 4.69) is 0 Å². The van der Waals surface area contributed by atoms with E-state index in [0.717, 1.165) is 33.3 Å². The zero-order valence-corrected chi connectivity index (χ0v) is 10.1. The van der Waals surface area contributed by atoms with E-state index in [-0.39, 0.29) is 5.56 Å². The number of ether oxygens (including phenoxy) is 1. The first kappa shape index (κ1) is 10.1. The van der Waals surface area contributed by atoms with Crippen molar-refractivity contribution in [3.05, 3.63) is 45.9 Å². The van der Waals surface area contributed by atoms with Crippen LogP contribution in [0.1, 0.15) is 11.3 Å². The fourth-order valence-corrected chi connectivity index (χ4v) is 2.53. The Balaban J connectivity index is 2.70. The zero-order valence-electron chi connectivity index (χ0n) is 10.1. The highest BCUT2D eigenvalue weighted by Gasteiger charge is 2.14. The second kappa shape index (κ2) is 3.23. The third kappa shape index (κ3) is 1.19. The van der Waals surface area contributed by atoms with E-state index in [4.69, 9.17) is 4.74 Å². The van der Waals surface area contributed by atoms with E-state index < -0.39 is 0 Å². The molecule has 0 aliphatic carbocycles. The van der Waals surface area contributed by atoms with Crippen molar-refractivity contribution < 1.29 is 4.74 Å². The summed E-state index contributed by atoms with van der Waals surface area (Å²) in [7, 11) is 1.65. The maximum absolute atomic E-state index is 12.0. The zero-order chi connectivity index (χ0) is 12.2. The molecule has 0 spiro atoms. The average molecular weight is 227 g/mol. The lowest BCUT2D eigenvalue weighted by Crippen LogP contribution is -2.13. The number of aryl methyl sites for hydroxylation is 2. The largest absolute Gasteiger partial charge is 0.496 e. The molecule has 3 rings (SSSR count). The summed E-state index contributed by atoms with van der Waals surface area (Å²) in [5.74, 6) is 0.813. The summed E-state index contributed by atoms with van der Waals surface area (Å²) >= 11 is 0. The second-order valence-electron chi connectivity index (χ2n) is 4.36. The molecule has 0 bridgehead atoms. The van der Waals surface area contributed by atoms with Gasteiger partial charge in [0.2, 0.25) is 0 Å². The van der Waals surface area contributed by atoms with Crippen molar-refractivity contribution >= 4 is 16.3 Å². The van der Waals surface area contributed by atoms with Gasteiger partial charge in [0.25, 0.3) is 5.56 Å². The van der Waals surface area contributed by atoms with Gasteiger partial charge in [0.05, 0.1) is 12.6 Å². The molecule has 0 saturated heterocycles. The van der Waals surface area contributed by atoms with Gasteiger partial charge < -0.3 is 4.74 Å². The monoisotopic (exact) mass is 227 g/mol. The molecule has 0 radical (unpaired) electrons. The van der Waals surface area contributed by atoms with Crippen molar-refractivity contribution in [1.82, 2.24) is 4.40 Å². The van der Waals surface area contributed by atoms with Gasteiger partial charge in [-0.25, -0.2) is 0 Å². The summed E-state index contributed by atoms with van der Waals surface area (Å²) in [6.45, 7) is 3.90. The lowest BCUT2D eigenvalue weighted by atomic mass is 10.1. The summed E-state index contributed by atoms with van der Waals surface area (Å²) < 4.78 is 7.10. The number of rotatable bonds is 1. The Labute approximate surface area is 98.6 Å². The van der Waals surface area contributed by atoms with Crippen LogP contribution in [0.2, 0.25) is 0 Å². The van der Waals surface area contributed by atoms with Gasteiger partial charge in [-0.15, -0.1) is 0 Å². The van der Waals surface area contributed by atoms with Crippen LogP contribution in [0.15, 0.2) is 29.1 Å². The summed E-state index contributed by atoms with van der Waals surface area (Å²) in [5, 5.41) is 2.11. The van der Waals surface area contributed by atoms with Gasteiger partial charge >= 0.3 is 0 Å². The van der Waals surface area contributed by atoms with E-state index in [1.165, 1.54) is 0 Å². The highest BCUT2D eigenvalue weighted by atomic mass is 16.5. The molecular weight excluding hydrogens is 214 g/mol. The number of benzene rings is 1. The lowest BCUT2D eigenvalue weighted by Gasteiger charge is -2.07. The molecule has 3 heteroatoms. The van der Waals surface area contributed by atoms with Gasteiger partial charge in [0.15, 0.2) is 0 Å². The van der Waals surface area contributed by atoms with Gasteiger partial charge in [-0.2, -0.15) is 0 Å². The number of hydrogen-bond acceptors (Lipinski definition) is 2. The fraction of sp³-hybridized carbons (Fsp3) is 0.214. The molecule has 86 valence electrons. The highest BCUT2D eigenvalue weighted by molar-refractivity contribution is 6.01. The minimum atomic E-state index is 0.0238. The first-order valence-corrected chi connectivity index (χ1v) is 5.55. The molecule has 0 N–H and O–H groups in total. The minimum Gasteiger partial charge on any atom is -0.496 e. The van der Waals surface area contributed by atoms with Gasteiger partial charge in [-0.1, -0.05) is 0 Å². The second-order valence-corrected chi connectivity index (χ2v) is 4.36. The average Bonchev–Trinajstić information content (AvgIpc) is 2.63. The van der Waals surface area contributed by atoms with Crippen LogP contribution in [0.5, 0.6) is 5.75 Å².